The number of alkyl halides is 1. The second kappa shape index (κ2) is 6.12. The molecule has 1 aromatic heterocycles. The van der Waals surface area contributed by atoms with Crippen molar-refractivity contribution in [1.82, 2.24) is 14.8 Å². The Kier molecular flexibility index (Phi) is 4.75. The number of ether oxygens (including phenoxy) is 2. The third-order valence-electron chi connectivity index (χ3n) is 3.72. The van der Waals surface area contributed by atoms with Crippen LogP contribution < -0.4 is 0 Å². The first-order chi connectivity index (χ1) is 8.74. The van der Waals surface area contributed by atoms with Crippen LogP contribution in [-0.2, 0) is 27.8 Å². The van der Waals surface area contributed by atoms with Gasteiger partial charge in [-0.2, -0.15) is 0 Å². The van der Waals surface area contributed by atoms with Gasteiger partial charge in [0.1, 0.15) is 11.6 Å². The molecule has 0 radical (unpaired) electrons. The van der Waals surface area contributed by atoms with E-state index in [4.69, 9.17) is 9.47 Å². The Balaban J connectivity index is 2.13. The van der Waals surface area contributed by atoms with Crippen molar-refractivity contribution < 1.29 is 9.47 Å². The van der Waals surface area contributed by atoms with Crippen LogP contribution >= 0.6 is 15.9 Å². The van der Waals surface area contributed by atoms with E-state index in [0.29, 0.717) is 11.9 Å². The van der Waals surface area contributed by atoms with Crippen LogP contribution in [0, 0.1) is 0 Å². The van der Waals surface area contributed by atoms with Crippen molar-refractivity contribution in [2.45, 2.75) is 43.2 Å². The number of rotatable bonds is 7. The minimum Gasteiger partial charge on any atom is -0.383 e. The van der Waals surface area contributed by atoms with Crippen LogP contribution in [0.25, 0.3) is 0 Å². The number of nitrogens with zero attached hydrogens (tertiary/aromatic N) is 3. The van der Waals surface area contributed by atoms with E-state index in [0.717, 1.165) is 37.5 Å². The molecule has 1 heterocycles. The highest BCUT2D eigenvalue weighted by Gasteiger charge is 2.38. The zero-order valence-corrected chi connectivity index (χ0v) is 12.6. The van der Waals surface area contributed by atoms with Gasteiger partial charge in [0, 0.05) is 27.2 Å². The second-order valence-corrected chi connectivity index (χ2v) is 5.29. The van der Waals surface area contributed by atoms with Crippen molar-refractivity contribution in [1.29, 1.82) is 0 Å². The van der Waals surface area contributed by atoms with E-state index in [2.05, 4.69) is 30.7 Å². The van der Waals surface area contributed by atoms with E-state index < -0.39 is 0 Å². The average Bonchev–Trinajstić information content (AvgIpc) is 2.73. The van der Waals surface area contributed by atoms with Crippen molar-refractivity contribution in [3.05, 3.63) is 11.6 Å². The summed E-state index contributed by atoms with van der Waals surface area (Å²) >= 11 is 3.45. The predicted molar refractivity (Wildman–Crippen MR) is 71.8 cm³/mol. The molecule has 0 bridgehead atoms. The Morgan fingerprint density at radius 2 is 2.00 bits per heavy atom. The molecule has 2 rings (SSSR count). The molecule has 0 N–H and O–H groups in total. The van der Waals surface area contributed by atoms with Crippen LogP contribution in [0.4, 0.5) is 0 Å². The second-order valence-electron chi connectivity index (χ2n) is 4.73. The van der Waals surface area contributed by atoms with Crippen LogP contribution in [0.1, 0.15) is 30.9 Å². The summed E-state index contributed by atoms with van der Waals surface area (Å²) in [4.78, 5) is 0. The van der Waals surface area contributed by atoms with E-state index in [1.807, 2.05) is 0 Å². The van der Waals surface area contributed by atoms with E-state index in [-0.39, 0.29) is 5.60 Å². The summed E-state index contributed by atoms with van der Waals surface area (Å²) in [6.07, 6.45) is 4.31. The first-order valence-electron chi connectivity index (χ1n) is 6.25. The Morgan fingerprint density at radius 1 is 1.28 bits per heavy atom. The normalized spacial score (nSPS) is 17.7. The lowest BCUT2D eigenvalue weighted by molar-refractivity contribution is -0.0727. The van der Waals surface area contributed by atoms with E-state index >= 15 is 0 Å². The zero-order valence-electron chi connectivity index (χ0n) is 11.0. The van der Waals surface area contributed by atoms with Gasteiger partial charge >= 0.3 is 0 Å². The number of hydrogen-bond acceptors (Lipinski definition) is 4. The summed E-state index contributed by atoms with van der Waals surface area (Å²) < 4.78 is 12.9. The van der Waals surface area contributed by atoms with Crippen molar-refractivity contribution in [3.8, 4) is 0 Å². The van der Waals surface area contributed by atoms with E-state index in [1.165, 1.54) is 6.42 Å². The lowest BCUT2D eigenvalue weighted by Crippen LogP contribution is -2.42. The zero-order chi connectivity index (χ0) is 13.0. The highest BCUT2D eigenvalue weighted by atomic mass is 79.9. The summed E-state index contributed by atoms with van der Waals surface area (Å²) in [5, 5.41) is 9.23. The van der Waals surface area contributed by atoms with Gasteiger partial charge in [0.2, 0.25) is 0 Å². The molecule has 1 aliphatic rings. The molecule has 5 nitrogen and oxygen atoms in total. The SMILES string of the molecule is COCCn1c(CBr)nnc1CC1(OC)CCC1. The maximum absolute atomic E-state index is 5.66. The van der Waals surface area contributed by atoms with Crippen LogP contribution in [-0.4, -0.2) is 41.2 Å². The Morgan fingerprint density at radius 3 is 2.50 bits per heavy atom. The Labute approximate surface area is 116 Å². The van der Waals surface area contributed by atoms with Crippen LogP contribution in [0.5, 0.6) is 0 Å². The molecule has 1 aromatic rings. The van der Waals surface area contributed by atoms with Crippen LogP contribution in [0.3, 0.4) is 0 Å². The van der Waals surface area contributed by atoms with Gasteiger partial charge in [-0.3, -0.25) is 0 Å². The quantitative estimate of drug-likeness (QED) is 0.721. The molecule has 18 heavy (non-hydrogen) atoms. The molecule has 0 aliphatic heterocycles. The third kappa shape index (κ3) is 2.75. The van der Waals surface area contributed by atoms with Crippen molar-refractivity contribution >= 4 is 15.9 Å². The monoisotopic (exact) mass is 317 g/mol. The molecular weight excluding hydrogens is 298 g/mol. The topological polar surface area (TPSA) is 49.2 Å². The smallest absolute Gasteiger partial charge is 0.143 e. The average molecular weight is 318 g/mol. The van der Waals surface area contributed by atoms with Gasteiger partial charge in [0.15, 0.2) is 0 Å². The van der Waals surface area contributed by atoms with Gasteiger partial charge in [-0.15, -0.1) is 10.2 Å². The molecule has 102 valence electrons. The fourth-order valence-electron chi connectivity index (χ4n) is 2.36. The molecule has 0 amide bonds. The van der Waals surface area contributed by atoms with Crippen molar-refractivity contribution in [2.75, 3.05) is 20.8 Å². The molecule has 1 saturated carbocycles. The maximum atomic E-state index is 5.66. The van der Waals surface area contributed by atoms with Crippen molar-refractivity contribution in [2.24, 2.45) is 0 Å². The minimum atomic E-state index is -0.0125. The number of halogens is 1. The molecule has 0 unspecified atom stereocenters. The molecule has 1 fully saturated rings. The minimum absolute atomic E-state index is 0.0125. The van der Waals surface area contributed by atoms with Crippen LogP contribution in [0.15, 0.2) is 0 Å². The van der Waals surface area contributed by atoms with Gasteiger partial charge in [0.25, 0.3) is 0 Å². The molecule has 0 aromatic carbocycles. The molecule has 1 aliphatic carbocycles. The third-order valence-corrected chi connectivity index (χ3v) is 4.22. The molecular formula is C12H20BrN3O2. The largest absolute Gasteiger partial charge is 0.383 e. The Bertz CT molecular complexity index is 385. The van der Waals surface area contributed by atoms with Gasteiger partial charge in [0.05, 0.1) is 17.5 Å². The molecule has 0 saturated heterocycles. The van der Waals surface area contributed by atoms with Gasteiger partial charge in [-0.05, 0) is 19.3 Å². The van der Waals surface area contributed by atoms with Crippen LogP contribution in [0.2, 0.25) is 0 Å². The van der Waals surface area contributed by atoms with Crippen molar-refractivity contribution in [3.63, 3.8) is 0 Å². The van der Waals surface area contributed by atoms with E-state index in [1.54, 1.807) is 14.2 Å². The number of methoxy groups -OCH3 is 2. The highest BCUT2D eigenvalue weighted by molar-refractivity contribution is 9.08. The fraction of sp³-hybridized carbons (Fsp3) is 0.833. The lowest BCUT2D eigenvalue weighted by atomic mass is 9.77. The highest BCUT2D eigenvalue weighted by Crippen LogP contribution is 2.37. The first-order valence-corrected chi connectivity index (χ1v) is 7.38. The molecule has 0 atom stereocenters. The summed E-state index contributed by atoms with van der Waals surface area (Å²) in [7, 11) is 3.50. The first kappa shape index (κ1) is 14.0. The van der Waals surface area contributed by atoms with Gasteiger partial charge < -0.3 is 14.0 Å². The predicted octanol–water partition coefficient (Wildman–Crippen LogP) is 1.93. The fourth-order valence-corrected chi connectivity index (χ4v) is 2.77. The van der Waals surface area contributed by atoms with Gasteiger partial charge in [-0.25, -0.2) is 0 Å². The standard InChI is InChI=1S/C12H20BrN3O2/c1-17-7-6-16-10(14-15-11(16)9-13)8-12(18-2)4-3-5-12/h3-9H2,1-2H3. The molecule has 0 spiro atoms. The summed E-state index contributed by atoms with van der Waals surface area (Å²) in [6.45, 7) is 1.46. The van der Waals surface area contributed by atoms with Gasteiger partial charge in [-0.1, -0.05) is 15.9 Å². The Hall–Kier alpha value is -0.460. The molecule has 6 heteroatoms. The summed E-state index contributed by atoms with van der Waals surface area (Å²) in [5.74, 6) is 1.95. The van der Waals surface area contributed by atoms with E-state index in [9.17, 15) is 0 Å². The lowest BCUT2D eigenvalue weighted by Gasteiger charge is -2.40. The number of aromatic nitrogens is 3. The maximum Gasteiger partial charge on any atom is 0.143 e. The summed E-state index contributed by atoms with van der Waals surface area (Å²) in [6, 6.07) is 0. The number of hydrogen-bond donors (Lipinski definition) is 0. The summed E-state index contributed by atoms with van der Waals surface area (Å²) in [5.41, 5.74) is -0.0125.